The minimum absolute atomic E-state index is 0.0402. The average molecular weight is 389 g/mol. The summed E-state index contributed by atoms with van der Waals surface area (Å²) < 4.78 is 14.4. The fourth-order valence-electron chi connectivity index (χ4n) is 3.20. The number of nitrogens with zero attached hydrogens (tertiary/aromatic N) is 5. The largest absolute Gasteiger partial charge is 0.373 e. The molecule has 4 rings (SSSR count). The summed E-state index contributed by atoms with van der Waals surface area (Å²) in [7, 11) is 0. The van der Waals surface area contributed by atoms with Crippen molar-refractivity contribution in [2.24, 2.45) is 0 Å². The van der Waals surface area contributed by atoms with Gasteiger partial charge in [0.05, 0.1) is 6.42 Å². The second-order valence-electron chi connectivity index (χ2n) is 6.24. The van der Waals surface area contributed by atoms with Crippen LogP contribution in [0, 0.1) is 15.9 Å². The van der Waals surface area contributed by atoms with E-state index in [4.69, 9.17) is 0 Å². The Labute approximate surface area is 157 Å². The number of amides is 1. The zero-order valence-corrected chi connectivity index (χ0v) is 15.1. The molecule has 1 fully saturated rings. The van der Waals surface area contributed by atoms with Crippen LogP contribution in [-0.2, 0) is 11.2 Å². The van der Waals surface area contributed by atoms with Crippen LogP contribution in [0.15, 0.2) is 35.8 Å². The van der Waals surface area contributed by atoms with Crippen molar-refractivity contribution in [2.75, 3.05) is 31.1 Å². The van der Waals surface area contributed by atoms with Crippen molar-refractivity contribution in [3.05, 3.63) is 57.3 Å². The maximum absolute atomic E-state index is 13.0. The zero-order chi connectivity index (χ0) is 19.0. The van der Waals surface area contributed by atoms with Crippen LogP contribution in [0.1, 0.15) is 5.56 Å². The van der Waals surface area contributed by atoms with E-state index in [1.54, 1.807) is 28.6 Å². The van der Waals surface area contributed by atoms with Gasteiger partial charge in [-0.3, -0.25) is 4.79 Å². The van der Waals surface area contributed by atoms with Gasteiger partial charge in [-0.2, -0.15) is 9.38 Å². The lowest BCUT2D eigenvalue weighted by molar-refractivity contribution is -0.389. The average Bonchev–Trinajstić information content (AvgIpc) is 3.24. The molecule has 2 aromatic heterocycles. The Bertz CT molecular complexity index is 992. The Hall–Kier alpha value is -3.01. The second-order valence-corrected chi connectivity index (χ2v) is 7.12. The number of fused-ring (bicyclic) bond motifs is 1. The van der Waals surface area contributed by atoms with Crippen LogP contribution in [-0.4, -0.2) is 51.3 Å². The molecule has 0 spiro atoms. The number of aromatic nitrogens is 2. The highest BCUT2D eigenvalue weighted by atomic mass is 32.1. The first kappa shape index (κ1) is 17.4. The van der Waals surface area contributed by atoms with Crippen molar-refractivity contribution in [3.63, 3.8) is 0 Å². The molecule has 140 valence electrons. The Kier molecular flexibility index (Phi) is 4.48. The number of carbonyl (C=O) groups is 1. The van der Waals surface area contributed by atoms with Crippen LogP contribution < -0.4 is 4.90 Å². The summed E-state index contributed by atoms with van der Waals surface area (Å²) in [6.07, 6.45) is 1.84. The molecule has 0 N–H and O–H groups in total. The first-order valence-electron chi connectivity index (χ1n) is 8.40. The summed E-state index contributed by atoms with van der Waals surface area (Å²) >= 11 is 1.34. The Morgan fingerprint density at radius 1 is 1.22 bits per heavy atom. The molecule has 27 heavy (non-hydrogen) atoms. The van der Waals surface area contributed by atoms with Crippen LogP contribution in [0.3, 0.4) is 0 Å². The van der Waals surface area contributed by atoms with Gasteiger partial charge in [-0.25, -0.2) is 4.39 Å². The molecule has 1 aliphatic heterocycles. The minimum Gasteiger partial charge on any atom is -0.358 e. The summed E-state index contributed by atoms with van der Waals surface area (Å²) in [5.74, 6) is -0.0715. The van der Waals surface area contributed by atoms with Gasteiger partial charge in [-0.1, -0.05) is 23.5 Å². The number of hydrogen-bond acceptors (Lipinski definition) is 6. The van der Waals surface area contributed by atoms with Gasteiger partial charge < -0.3 is 19.9 Å². The van der Waals surface area contributed by atoms with Crippen molar-refractivity contribution >= 4 is 33.8 Å². The normalized spacial score (nSPS) is 14.7. The lowest BCUT2D eigenvalue weighted by Gasteiger charge is -2.34. The monoisotopic (exact) mass is 389 g/mol. The Morgan fingerprint density at radius 3 is 2.59 bits per heavy atom. The summed E-state index contributed by atoms with van der Waals surface area (Å²) in [6, 6.07) is 5.88. The second kappa shape index (κ2) is 6.95. The molecule has 0 atom stereocenters. The molecule has 8 nitrogen and oxygen atoms in total. The highest BCUT2D eigenvalue weighted by Gasteiger charge is 2.31. The third kappa shape index (κ3) is 3.35. The van der Waals surface area contributed by atoms with Crippen molar-refractivity contribution in [1.29, 1.82) is 0 Å². The van der Waals surface area contributed by atoms with E-state index in [0.29, 0.717) is 37.0 Å². The fourth-order valence-corrected chi connectivity index (χ4v) is 3.90. The van der Waals surface area contributed by atoms with Crippen molar-refractivity contribution in [2.45, 2.75) is 6.42 Å². The standard InChI is InChI=1S/C17H16FN5O3S/c18-13-3-1-12(2-4-13)11-14(24)20-5-7-21(8-6-20)15-16(23(25)26)22-9-10-27-17(22)19-15/h1-4,9-10H,5-8,11H2. The quantitative estimate of drug-likeness (QED) is 0.505. The Morgan fingerprint density at radius 2 is 1.93 bits per heavy atom. The number of piperazine rings is 1. The van der Waals surface area contributed by atoms with Gasteiger partial charge in [0.15, 0.2) is 0 Å². The molecule has 1 aliphatic rings. The van der Waals surface area contributed by atoms with E-state index in [1.165, 1.54) is 27.9 Å². The van der Waals surface area contributed by atoms with Crippen LogP contribution in [0.4, 0.5) is 16.0 Å². The molecule has 0 aliphatic carbocycles. The van der Waals surface area contributed by atoms with E-state index < -0.39 is 4.92 Å². The molecule has 0 unspecified atom stereocenters. The molecule has 1 aromatic carbocycles. The van der Waals surface area contributed by atoms with Gasteiger partial charge in [0.25, 0.3) is 4.96 Å². The number of benzene rings is 1. The summed E-state index contributed by atoms with van der Waals surface area (Å²) in [5.41, 5.74) is 0.758. The highest BCUT2D eigenvalue weighted by Crippen LogP contribution is 2.31. The number of halogens is 1. The van der Waals surface area contributed by atoms with E-state index in [0.717, 1.165) is 5.56 Å². The highest BCUT2D eigenvalue weighted by molar-refractivity contribution is 7.15. The summed E-state index contributed by atoms with van der Waals surface area (Å²) in [6.45, 7) is 1.87. The first-order valence-corrected chi connectivity index (χ1v) is 9.28. The van der Waals surface area contributed by atoms with Crippen molar-refractivity contribution in [1.82, 2.24) is 14.3 Å². The maximum Gasteiger partial charge on any atom is 0.373 e. The van der Waals surface area contributed by atoms with Crippen molar-refractivity contribution in [3.8, 4) is 0 Å². The lowest BCUT2D eigenvalue weighted by Crippen LogP contribution is -2.49. The molecule has 10 heteroatoms. The SMILES string of the molecule is O=C(Cc1ccc(F)cc1)N1CCN(c2nc3sccn3c2[N+](=O)[O-])CC1. The van der Waals surface area contributed by atoms with Gasteiger partial charge in [0, 0.05) is 31.6 Å². The number of hydrogen-bond donors (Lipinski definition) is 0. The first-order chi connectivity index (χ1) is 13.0. The molecule has 0 saturated carbocycles. The maximum atomic E-state index is 13.0. The van der Waals surface area contributed by atoms with Crippen LogP contribution in [0.25, 0.3) is 4.96 Å². The molecule has 0 radical (unpaired) electrons. The van der Waals surface area contributed by atoms with Gasteiger partial charge in [-0.15, -0.1) is 0 Å². The van der Waals surface area contributed by atoms with Gasteiger partial charge in [0.2, 0.25) is 11.7 Å². The van der Waals surface area contributed by atoms with Gasteiger partial charge in [0.1, 0.15) is 12.0 Å². The topological polar surface area (TPSA) is 84.0 Å². The van der Waals surface area contributed by atoms with E-state index >= 15 is 0 Å². The van der Waals surface area contributed by atoms with E-state index in [-0.39, 0.29) is 24.0 Å². The predicted octanol–water partition coefficient (Wildman–Crippen LogP) is 2.33. The molecular formula is C17H16FN5O3S. The molecule has 0 bridgehead atoms. The fraction of sp³-hybridized carbons (Fsp3) is 0.294. The number of imidazole rings is 1. The number of thiazole rings is 1. The van der Waals surface area contributed by atoms with Crippen molar-refractivity contribution < 1.29 is 14.1 Å². The van der Waals surface area contributed by atoms with E-state index in [9.17, 15) is 19.3 Å². The molecular weight excluding hydrogens is 373 g/mol. The van der Waals surface area contributed by atoms with Gasteiger partial charge >= 0.3 is 5.82 Å². The minimum atomic E-state index is -0.423. The lowest BCUT2D eigenvalue weighted by atomic mass is 10.1. The molecule has 1 saturated heterocycles. The summed E-state index contributed by atoms with van der Waals surface area (Å²) in [4.78, 5) is 32.0. The van der Waals surface area contributed by atoms with E-state index in [1.807, 2.05) is 4.90 Å². The van der Waals surface area contributed by atoms with Gasteiger partial charge in [-0.05, 0) is 22.6 Å². The van der Waals surface area contributed by atoms with Crippen LogP contribution in [0.5, 0.6) is 0 Å². The van der Waals surface area contributed by atoms with Crippen LogP contribution in [0.2, 0.25) is 0 Å². The number of anilines is 1. The number of nitro groups is 1. The third-order valence-corrected chi connectivity index (χ3v) is 5.35. The van der Waals surface area contributed by atoms with E-state index in [2.05, 4.69) is 4.98 Å². The Balaban J connectivity index is 1.44. The van der Waals surface area contributed by atoms with Crippen LogP contribution >= 0.6 is 11.3 Å². The zero-order valence-electron chi connectivity index (χ0n) is 14.2. The summed E-state index contributed by atoms with van der Waals surface area (Å²) in [5, 5.41) is 13.2. The molecule has 3 heterocycles. The number of rotatable bonds is 4. The molecule has 1 amide bonds. The predicted molar refractivity (Wildman–Crippen MR) is 98.6 cm³/mol. The molecule has 3 aromatic rings. The third-order valence-electron chi connectivity index (χ3n) is 4.59. The number of carbonyl (C=O) groups excluding carboxylic acids is 1. The smallest absolute Gasteiger partial charge is 0.358 e.